The molecule has 0 bridgehead atoms. The Bertz CT molecular complexity index is 636. The van der Waals surface area contributed by atoms with Crippen LogP contribution in [0.2, 0.25) is 0 Å². The number of thiocarbonyl (C=S) groups is 1. The van der Waals surface area contributed by atoms with E-state index in [-0.39, 0.29) is 0 Å². The number of nitrogens with two attached hydrogens (primary N) is 1. The molecular weight excluding hydrogens is 252 g/mol. The van der Waals surface area contributed by atoms with Gasteiger partial charge in [0.25, 0.3) is 0 Å². The predicted molar refractivity (Wildman–Crippen MR) is 85.6 cm³/mol. The van der Waals surface area contributed by atoms with Gasteiger partial charge in [-0.25, -0.2) is 0 Å². The highest BCUT2D eigenvalue weighted by Gasteiger charge is 2.35. The van der Waals surface area contributed by atoms with Gasteiger partial charge in [-0.3, -0.25) is 0 Å². The zero-order valence-corrected chi connectivity index (χ0v) is 11.8. The second kappa shape index (κ2) is 4.82. The highest BCUT2D eigenvalue weighted by molar-refractivity contribution is 7.80. The minimum absolute atomic E-state index is 0.459. The summed E-state index contributed by atoms with van der Waals surface area (Å²) in [5, 5.41) is 5.98. The van der Waals surface area contributed by atoms with Crippen LogP contribution in [0.4, 0.5) is 5.69 Å². The van der Waals surface area contributed by atoms with Gasteiger partial charge < -0.3 is 11.1 Å². The van der Waals surface area contributed by atoms with Crippen LogP contribution in [0.5, 0.6) is 0 Å². The highest BCUT2D eigenvalue weighted by Crippen LogP contribution is 2.38. The lowest BCUT2D eigenvalue weighted by Crippen LogP contribution is -2.11. The second-order valence-electron chi connectivity index (χ2n) is 5.23. The van der Waals surface area contributed by atoms with Crippen LogP contribution >= 0.6 is 12.2 Å². The van der Waals surface area contributed by atoms with Crippen molar-refractivity contribution >= 4 is 33.7 Å². The average molecular weight is 270 g/mol. The quantitative estimate of drug-likeness (QED) is 0.832. The fourth-order valence-electron chi connectivity index (χ4n) is 2.72. The third-order valence-corrected chi connectivity index (χ3v) is 4.20. The van der Waals surface area contributed by atoms with Gasteiger partial charge in [0.2, 0.25) is 0 Å². The molecule has 3 N–H and O–H groups in total. The fourth-order valence-corrected chi connectivity index (χ4v) is 2.89. The summed E-state index contributed by atoms with van der Waals surface area (Å²) < 4.78 is 0. The molecule has 1 aliphatic rings. The van der Waals surface area contributed by atoms with E-state index in [9.17, 15) is 0 Å². The van der Waals surface area contributed by atoms with Crippen LogP contribution in [0.1, 0.15) is 25.3 Å². The smallest absolute Gasteiger partial charge is 0.104 e. The number of hydrogen-bond donors (Lipinski definition) is 2. The van der Waals surface area contributed by atoms with Gasteiger partial charge >= 0.3 is 0 Å². The van der Waals surface area contributed by atoms with Gasteiger partial charge in [-0.1, -0.05) is 49.8 Å². The first-order valence-corrected chi connectivity index (χ1v) is 7.19. The van der Waals surface area contributed by atoms with Gasteiger partial charge in [-0.2, -0.15) is 0 Å². The number of nitrogens with one attached hydrogen (secondary N) is 1. The SMILES string of the molecule is CCC1CC1Nc1ccc(C(N)=S)c2ccccc12. The molecule has 0 radical (unpaired) electrons. The molecule has 0 heterocycles. The average Bonchev–Trinajstić information content (AvgIpc) is 3.17. The molecule has 0 saturated heterocycles. The molecule has 0 amide bonds. The molecule has 1 saturated carbocycles. The monoisotopic (exact) mass is 270 g/mol. The summed E-state index contributed by atoms with van der Waals surface area (Å²) in [4.78, 5) is 0.459. The molecule has 2 atom stereocenters. The van der Waals surface area contributed by atoms with Crippen molar-refractivity contribution in [1.82, 2.24) is 0 Å². The van der Waals surface area contributed by atoms with E-state index in [0.29, 0.717) is 11.0 Å². The molecule has 3 rings (SSSR count). The van der Waals surface area contributed by atoms with Crippen molar-refractivity contribution < 1.29 is 0 Å². The largest absolute Gasteiger partial charge is 0.389 e. The molecule has 0 spiro atoms. The summed E-state index contributed by atoms with van der Waals surface area (Å²) in [6, 6.07) is 13.0. The van der Waals surface area contributed by atoms with Crippen molar-refractivity contribution in [2.45, 2.75) is 25.8 Å². The zero-order valence-electron chi connectivity index (χ0n) is 11.0. The summed E-state index contributed by atoms with van der Waals surface area (Å²) in [6.07, 6.45) is 2.53. The Morgan fingerprint density at radius 1 is 1.26 bits per heavy atom. The third-order valence-electron chi connectivity index (χ3n) is 3.98. The van der Waals surface area contributed by atoms with Gasteiger partial charge in [0, 0.05) is 22.7 Å². The van der Waals surface area contributed by atoms with Crippen molar-refractivity contribution in [3.63, 3.8) is 0 Å². The molecule has 1 fully saturated rings. The van der Waals surface area contributed by atoms with E-state index >= 15 is 0 Å². The number of rotatable bonds is 4. The van der Waals surface area contributed by atoms with E-state index in [1.165, 1.54) is 23.9 Å². The van der Waals surface area contributed by atoms with Crippen molar-refractivity contribution in [2.75, 3.05) is 5.32 Å². The molecule has 2 unspecified atom stereocenters. The molecule has 0 aromatic heterocycles. The summed E-state index contributed by atoms with van der Waals surface area (Å²) >= 11 is 5.13. The molecular formula is C16H18N2S. The van der Waals surface area contributed by atoms with Gasteiger partial charge in [0.15, 0.2) is 0 Å². The van der Waals surface area contributed by atoms with Crippen LogP contribution in [0, 0.1) is 5.92 Å². The standard InChI is InChI=1S/C16H18N2S/c1-2-10-9-15(10)18-14-8-7-13(16(17)19)11-5-3-4-6-12(11)14/h3-8,10,15,18H,2,9H2,1H3,(H2,17,19). The first kappa shape index (κ1) is 12.4. The van der Waals surface area contributed by atoms with E-state index in [1.54, 1.807) is 0 Å². The van der Waals surface area contributed by atoms with Crippen molar-refractivity contribution in [1.29, 1.82) is 0 Å². The fraction of sp³-hybridized carbons (Fsp3) is 0.312. The van der Waals surface area contributed by atoms with Crippen LogP contribution in [0.15, 0.2) is 36.4 Å². The molecule has 2 aromatic rings. The maximum Gasteiger partial charge on any atom is 0.104 e. The molecule has 19 heavy (non-hydrogen) atoms. The van der Waals surface area contributed by atoms with Crippen LogP contribution in [-0.2, 0) is 0 Å². The van der Waals surface area contributed by atoms with E-state index in [1.807, 2.05) is 12.1 Å². The van der Waals surface area contributed by atoms with Gasteiger partial charge in [-0.15, -0.1) is 0 Å². The van der Waals surface area contributed by atoms with E-state index in [0.717, 1.165) is 16.9 Å². The predicted octanol–water partition coefficient (Wildman–Crippen LogP) is 3.68. The topological polar surface area (TPSA) is 38.0 Å². The minimum atomic E-state index is 0.459. The number of hydrogen-bond acceptors (Lipinski definition) is 2. The Balaban J connectivity index is 2.02. The minimum Gasteiger partial charge on any atom is -0.389 e. The molecule has 98 valence electrons. The lowest BCUT2D eigenvalue weighted by atomic mass is 10.0. The summed E-state index contributed by atoms with van der Waals surface area (Å²) in [6.45, 7) is 2.25. The van der Waals surface area contributed by atoms with Gasteiger partial charge in [-0.05, 0) is 29.9 Å². The van der Waals surface area contributed by atoms with Crippen LogP contribution in [0.3, 0.4) is 0 Å². The lowest BCUT2D eigenvalue weighted by molar-refractivity contribution is 0.775. The normalized spacial score (nSPS) is 21.3. The van der Waals surface area contributed by atoms with Crippen LogP contribution < -0.4 is 11.1 Å². The number of fused-ring (bicyclic) bond motifs is 1. The second-order valence-corrected chi connectivity index (χ2v) is 5.67. The summed E-state index contributed by atoms with van der Waals surface area (Å²) in [7, 11) is 0. The Morgan fingerprint density at radius 2 is 2.00 bits per heavy atom. The van der Waals surface area contributed by atoms with Crippen LogP contribution in [-0.4, -0.2) is 11.0 Å². The van der Waals surface area contributed by atoms with Crippen molar-refractivity contribution in [2.24, 2.45) is 11.7 Å². The number of anilines is 1. The van der Waals surface area contributed by atoms with Gasteiger partial charge in [0.05, 0.1) is 0 Å². The highest BCUT2D eigenvalue weighted by atomic mass is 32.1. The van der Waals surface area contributed by atoms with E-state index in [4.69, 9.17) is 18.0 Å². The first-order valence-electron chi connectivity index (χ1n) is 6.78. The van der Waals surface area contributed by atoms with E-state index < -0.39 is 0 Å². The Kier molecular flexibility index (Phi) is 3.15. The van der Waals surface area contributed by atoms with Gasteiger partial charge in [0.1, 0.15) is 4.99 Å². The Hall–Kier alpha value is -1.61. The summed E-state index contributed by atoms with van der Waals surface area (Å²) in [5.41, 5.74) is 7.95. The molecule has 0 aliphatic heterocycles. The first-order chi connectivity index (χ1) is 9.20. The maximum atomic E-state index is 5.80. The molecule has 2 aromatic carbocycles. The van der Waals surface area contributed by atoms with E-state index in [2.05, 4.69) is 36.5 Å². The molecule has 2 nitrogen and oxygen atoms in total. The zero-order chi connectivity index (χ0) is 13.4. The lowest BCUT2D eigenvalue weighted by Gasteiger charge is -2.12. The summed E-state index contributed by atoms with van der Waals surface area (Å²) in [5.74, 6) is 0.828. The van der Waals surface area contributed by atoms with Crippen LogP contribution in [0.25, 0.3) is 10.8 Å². The Morgan fingerprint density at radius 3 is 2.63 bits per heavy atom. The third kappa shape index (κ3) is 2.30. The number of benzene rings is 2. The van der Waals surface area contributed by atoms with Crippen molar-refractivity contribution in [3.8, 4) is 0 Å². The maximum absolute atomic E-state index is 5.80. The van der Waals surface area contributed by atoms with Crippen molar-refractivity contribution in [3.05, 3.63) is 42.0 Å². The molecule has 3 heteroatoms. The Labute approximate surface area is 119 Å². The molecule has 1 aliphatic carbocycles.